The van der Waals surface area contributed by atoms with Gasteiger partial charge in [-0.1, -0.05) is 0 Å². The summed E-state index contributed by atoms with van der Waals surface area (Å²) in [5, 5.41) is 13.7. The smallest absolute Gasteiger partial charge is 0.293 e. The van der Waals surface area contributed by atoms with Gasteiger partial charge >= 0.3 is 0 Å². The van der Waals surface area contributed by atoms with E-state index in [2.05, 4.69) is 5.32 Å². The Labute approximate surface area is 115 Å². The third-order valence-corrected chi connectivity index (χ3v) is 2.63. The summed E-state index contributed by atoms with van der Waals surface area (Å²) in [7, 11) is 3.26. The molecule has 20 heavy (non-hydrogen) atoms. The Morgan fingerprint density at radius 2 is 2.05 bits per heavy atom. The van der Waals surface area contributed by atoms with Crippen LogP contribution < -0.4 is 11.1 Å². The number of nitrogens with zero attached hydrogens (tertiary/aromatic N) is 2. The van der Waals surface area contributed by atoms with Crippen LogP contribution in [0.1, 0.15) is 16.8 Å². The number of hydrogen-bond acceptors (Lipinski definition) is 5. The quantitative estimate of drug-likeness (QED) is 0.583. The second-order valence-corrected chi connectivity index (χ2v) is 4.32. The van der Waals surface area contributed by atoms with E-state index in [-0.39, 0.29) is 35.8 Å². The monoisotopic (exact) mass is 280 g/mol. The number of primary amides is 1. The number of nitrogens with one attached hydrogen (secondary N) is 1. The molecule has 3 N–H and O–H groups in total. The van der Waals surface area contributed by atoms with Crippen molar-refractivity contribution in [2.45, 2.75) is 6.42 Å². The van der Waals surface area contributed by atoms with Crippen molar-refractivity contribution >= 4 is 23.2 Å². The maximum atomic E-state index is 11.4. The molecule has 0 fully saturated rings. The molecule has 0 aliphatic heterocycles. The lowest BCUT2D eigenvalue weighted by atomic mass is 10.1. The summed E-state index contributed by atoms with van der Waals surface area (Å²) in [5.41, 5.74) is 5.13. The van der Waals surface area contributed by atoms with Gasteiger partial charge in [0.25, 0.3) is 5.69 Å². The van der Waals surface area contributed by atoms with E-state index >= 15 is 0 Å². The summed E-state index contributed by atoms with van der Waals surface area (Å²) >= 11 is 0. The molecule has 2 amide bonds. The lowest BCUT2D eigenvalue weighted by Crippen LogP contribution is -2.24. The number of hydrogen-bond donors (Lipinski definition) is 2. The molecule has 0 bridgehead atoms. The highest BCUT2D eigenvalue weighted by atomic mass is 16.6. The number of anilines is 1. The molecule has 0 spiro atoms. The molecule has 8 heteroatoms. The molecule has 0 radical (unpaired) electrons. The van der Waals surface area contributed by atoms with Crippen molar-refractivity contribution in [2.24, 2.45) is 5.73 Å². The Bertz CT molecular complexity index is 542. The molecular weight excluding hydrogens is 264 g/mol. The normalized spacial score (nSPS) is 9.90. The Morgan fingerprint density at radius 3 is 2.55 bits per heavy atom. The average Bonchev–Trinajstić information content (AvgIpc) is 2.38. The van der Waals surface area contributed by atoms with E-state index in [9.17, 15) is 19.7 Å². The molecular formula is C12H16N4O4. The van der Waals surface area contributed by atoms with Crippen molar-refractivity contribution in [1.29, 1.82) is 0 Å². The van der Waals surface area contributed by atoms with Crippen LogP contribution in [0.5, 0.6) is 0 Å². The third kappa shape index (κ3) is 3.94. The lowest BCUT2D eigenvalue weighted by molar-refractivity contribution is -0.384. The number of benzene rings is 1. The molecule has 1 rings (SSSR count). The molecule has 0 aliphatic rings. The van der Waals surface area contributed by atoms with Crippen LogP contribution in [0.3, 0.4) is 0 Å². The van der Waals surface area contributed by atoms with Crippen LogP contribution in [-0.4, -0.2) is 42.3 Å². The number of nitrogens with two attached hydrogens (primary N) is 1. The fraction of sp³-hybridized carbons (Fsp3) is 0.333. The third-order valence-electron chi connectivity index (χ3n) is 2.63. The number of carbonyl (C=O) groups is 2. The second-order valence-electron chi connectivity index (χ2n) is 4.32. The van der Waals surface area contributed by atoms with Crippen LogP contribution >= 0.6 is 0 Å². The Balaban J connectivity index is 2.82. The zero-order chi connectivity index (χ0) is 15.3. The van der Waals surface area contributed by atoms with Crippen molar-refractivity contribution in [1.82, 2.24) is 4.90 Å². The molecule has 0 aromatic heterocycles. The molecule has 0 atom stereocenters. The van der Waals surface area contributed by atoms with Gasteiger partial charge < -0.3 is 16.0 Å². The zero-order valence-corrected chi connectivity index (χ0v) is 11.3. The maximum absolute atomic E-state index is 11.4. The summed E-state index contributed by atoms with van der Waals surface area (Å²) in [4.78, 5) is 34.1. The van der Waals surface area contributed by atoms with Crippen molar-refractivity contribution in [3.8, 4) is 0 Å². The van der Waals surface area contributed by atoms with Crippen molar-refractivity contribution in [3.63, 3.8) is 0 Å². The van der Waals surface area contributed by atoms with E-state index in [4.69, 9.17) is 5.73 Å². The van der Waals surface area contributed by atoms with Crippen molar-refractivity contribution in [3.05, 3.63) is 33.9 Å². The van der Waals surface area contributed by atoms with Crippen LogP contribution in [0.4, 0.5) is 11.4 Å². The Kier molecular flexibility index (Phi) is 5.01. The zero-order valence-electron chi connectivity index (χ0n) is 11.3. The van der Waals surface area contributed by atoms with Gasteiger partial charge in [0, 0.05) is 38.7 Å². The minimum Gasteiger partial charge on any atom is -0.379 e. The van der Waals surface area contributed by atoms with Crippen LogP contribution in [0, 0.1) is 10.1 Å². The lowest BCUT2D eigenvalue weighted by Gasteiger charge is -2.11. The predicted molar refractivity (Wildman–Crippen MR) is 73.4 cm³/mol. The molecule has 0 heterocycles. The summed E-state index contributed by atoms with van der Waals surface area (Å²) in [6, 6.07) is 3.90. The van der Waals surface area contributed by atoms with Crippen molar-refractivity contribution < 1.29 is 14.5 Å². The standard InChI is InChI=1S/C12H16N4O4/c1-15(2)11(17)5-6-14-9-4-3-8(12(13)18)7-10(9)16(19)20/h3-4,7,14H,5-6H2,1-2H3,(H2,13,18). The van der Waals surface area contributed by atoms with Gasteiger partial charge in [-0.2, -0.15) is 0 Å². The highest BCUT2D eigenvalue weighted by Crippen LogP contribution is 2.25. The second kappa shape index (κ2) is 6.50. The predicted octanol–water partition coefficient (Wildman–Crippen LogP) is 0.584. The van der Waals surface area contributed by atoms with Crippen molar-refractivity contribution in [2.75, 3.05) is 26.0 Å². The minimum atomic E-state index is -0.734. The highest BCUT2D eigenvalue weighted by molar-refractivity contribution is 5.94. The number of nitro benzene ring substituents is 1. The van der Waals surface area contributed by atoms with Crippen LogP contribution in [-0.2, 0) is 4.79 Å². The van der Waals surface area contributed by atoms with Gasteiger partial charge in [0.15, 0.2) is 0 Å². The molecule has 108 valence electrons. The molecule has 0 saturated heterocycles. The summed E-state index contributed by atoms with van der Waals surface area (Å²) in [5.74, 6) is -0.823. The molecule has 8 nitrogen and oxygen atoms in total. The first-order valence-corrected chi connectivity index (χ1v) is 5.85. The summed E-state index contributed by atoms with van der Waals surface area (Å²) in [6.07, 6.45) is 0.210. The Morgan fingerprint density at radius 1 is 1.40 bits per heavy atom. The number of rotatable bonds is 6. The fourth-order valence-electron chi connectivity index (χ4n) is 1.51. The molecule has 0 unspecified atom stereocenters. The SMILES string of the molecule is CN(C)C(=O)CCNc1ccc(C(N)=O)cc1[N+](=O)[O-]. The van der Waals surface area contributed by atoms with E-state index in [1.54, 1.807) is 14.1 Å². The fourth-order valence-corrected chi connectivity index (χ4v) is 1.51. The number of nitro groups is 1. The van der Waals surface area contributed by atoms with E-state index < -0.39 is 10.8 Å². The first-order chi connectivity index (χ1) is 9.32. The van der Waals surface area contributed by atoms with Gasteiger partial charge in [0.05, 0.1) is 4.92 Å². The summed E-state index contributed by atoms with van der Waals surface area (Å²) < 4.78 is 0. The first-order valence-electron chi connectivity index (χ1n) is 5.85. The summed E-state index contributed by atoms with van der Waals surface area (Å²) in [6.45, 7) is 0.258. The van der Waals surface area contributed by atoms with Gasteiger partial charge in [0.1, 0.15) is 5.69 Å². The average molecular weight is 280 g/mol. The van der Waals surface area contributed by atoms with E-state index in [0.717, 1.165) is 6.07 Å². The number of amides is 2. The topological polar surface area (TPSA) is 119 Å². The van der Waals surface area contributed by atoms with Gasteiger partial charge in [-0.15, -0.1) is 0 Å². The van der Waals surface area contributed by atoms with E-state index in [1.807, 2.05) is 0 Å². The number of carbonyl (C=O) groups excluding carboxylic acids is 2. The van der Waals surface area contributed by atoms with Gasteiger partial charge in [-0.05, 0) is 12.1 Å². The van der Waals surface area contributed by atoms with Crippen LogP contribution in [0.25, 0.3) is 0 Å². The van der Waals surface area contributed by atoms with Gasteiger partial charge in [-0.25, -0.2) is 0 Å². The largest absolute Gasteiger partial charge is 0.379 e. The van der Waals surface area contributed by atoms with Gasteiger partial charge in [-0.3, -0.25) is 19.7 Å². The molecule has 0 aliphatic carbocycles. The van der Waals surface area contributed by atoms with E-state index in [1.165, 1.54) is 17.0 Å². The first kappa shape index (κ1) is 15.4. The highest BCUT2D eigenvalue weighted by Gasteiger charge is 2.16. The maximum Gasteiger partial charge on any atom is 0.293 e. The minimum absolute atomic E-state index is 0.0617. The van der Waals surface area contributed by atoms with E-state index in [0.29, 0.717) is 0 Å². The van der Waals surface area contributed by atoms with Crippen LogP contribution in [0.2, 0.25) is 0 Å². The molecule has 1 aromatic carbocycles. The Hall–Kier alpha value is -2.64. The molecule has 0 saturated carbocycles. The molecule has 1 aromatic rings. The van der Waals surface area contributed by atoms with Gasteiger partial charge in [0.2, 0.25) is 11.8 Å². The van der Waals surface area contributed by atoms with Crippen LogP contribution in [0.15, 0.2) is 18.2 Å².